The Morgan fingerprint density at radius 1 is 1.21 bits per heavy atom. The summed E-state index contributed by atoms with van der Waals surface area (Å²) in [6.07, 6.45) is 2.60. The van der Waals surface area contributed by atoms with Crippen LogP contribution in [-0.2, 0) is 31.3 Å². The predicted octanol–water partition coefficient (Wildman–Crippen LogP) is 7.19. The number of hydrogen-bond donors (Lipinski definition) is 1. The van der Waals surface area contributed by atoms with E-state index < -0.39 is 40.7 Å². The summed E-state index contributed by atoms with van der Waals surface area (Å²) in [5.74, 6) is -0.868. The number of hydrogen-bond acceptors (Lipinski definition) is 6. The van der Waals surface area contributed by atoms with Crippen molar-refractivity contribution in [2.45, 2.75) is 75.5 Å². The molecule has 8 nitrogen and oxygen atoms in total. The summed E-state index contributed by atoms with van der Waals surface area (Å²) in [7, 11) is -2.03. The van der Waals surface area contributed by atoms with Gasteiger partial charge in [-0.15, -0.1) is 4.36 Å². The zero-order chi connectivity index (χ0) is 34.1. The van der Waals surface area contributed by atoms with Crippen LogP contribution in [0.2, 0.25) is 5.02 Å². The van der Waals surface area contributed by atoms with Gasteiger partial charge in [-0.05, 0) is 98.2 Å². The molecule has 2 aliphatic heterocycles. The van der Waals surface area contributed by atoms with E-state index in [1.165, 1.54) is 11.1 Å². The van der Waals surface area contributed by atoms with E-state index >= 15 is 0 Å². The lowest BCUT2D eigenvalue weighted by molar-refractivity contribution is -0.143. The van der Waals surface area contributed by atoms with Crippen molar-refractivity contribution in [3.8, 4) is 5.75 Å². The van der Waals surface area contributed by atoms with Crippen molar-refractivity contribution in [1.82, 2.24) is 4.72 Å². The Labute approximate surface area is 284 Å². The Morgan fingerprint density at radius 3 is 2.79 bits per heavy atom. The van der Waals surface area contributed by atoms with E-state index in [-0.39, 0.29) is 35.2 Å². The van der Waals surface area contributed by atoms with Crippen LogP contribution in [-0.4, -0.2) is 60.9 Å². The summed E-state index contributed by atoms with van der Waals surface area (Å²) in [5, 5.41) is 0.699. The van der Waals surface area contributed by atoms with E-state index in [2.05, 4.69) is 20.1 Å². The SMILES string of the molecule is CO[C@H]1/C=C\CCCS(=O)(NC(=O)CCC(F)(F)F)=NC(=O)c2ccc3c(c2)N(C[C@@H]2CC[C@H]21)C[C@@]1(CCCc2cc(Cl)ccc21)CO3. The van der Waals surface area contributed by atoms with Crippen LogP contribution < -0.4 is 14.4 Å². The molecule has 6 rings (SSSR count). The normalized spacial score (nSPS) is 29.7. The third kappa shape index (κ3) is 7.70. The summed E-state index contributed by atoms with van der Waals surface area (Å²) < 4.78 is 70.8. The minimum Gasteiger partial charge on any atom is -0.490 e. The molecule has 2 aromatic carbocycles. The molecule has 1 fully saturated rings. The summed E-state index contributed by atoms with van der Waals surface area (Å²) >= 11 is 6.40. The molecule has 2 amide bonds. The second-order valence-corrected chi connectivity index (χ2v) is 16.0. The number of carbonyl (C=O) groups excluding carboxylic acids is 2. The van der Waals surface area contributed by atoms with Crippen molar-refractivity contribution in [1.29, 1.82) is 0 Å². The Kier molecular flexibility index (Phi) is 10.2. The van der Waals surface area contributed by atoms with Gasteiger partial charge in [-0.3, -0.25) is 14.3 Å². The fraction of sp³-hybridized carbons (Fsp3) is 0.543. The van der Waals surface area contributed by atoms with Gasteiger partial charge in [-0.1, -0.05) is 29.8 Å². The number of ether oxygens (including phenoxy) is 2. The van der Waals surface area contributed by atoms with E-state index in [0.29, 0.717) is 42.8 Å². The van der Waals surface area contributed by atoms with Gasteiger partial charge in [0.05, 0.1) is 30.6 Å². The van der Waals surface area contributed by atoms with Gasteiger partial charge < -0.3 is 14.4 Å². The topological polar surface area (TPSA) is 97.3 Å². The number of nitrogens with one attached hydrogen (secondary N) is 1. The van der Waals surface area contributed by atoms with Gasteiger partial charge in [0.25, 0.3) is 5.91 Å². The summed E-state index contributed by atoms with van der Waals surface area (Å²) in [4.78, 5) is 28.4. The van der Waals surface area contributed by atoms with Gasteiger partial charge >= 0.3 is 6.18 Å². The van der Waals surface area contributed by atoms with E-state index in [4.69, 9.17) is 21.1 Å². The third-order valence-corrected chi connectivity index (χ3v) is 12.3. The standard InChI is InChI=1S/C35H41ClF3N3O5S/c1-46-30-7-3-2-4-17-48(45,40-32(43)14-16-35(37,38)39)41-33(44)24-9-13-31-29(19-24)42(20-25-8-11-27(25)30)21-34(22-47-31)15-5-6-23-18-26(36)10-12-28(23)34/h3,7,9-10,12-13,18-19,25,27,30H,2,4-6,8,11,14-17,20-22H2,1H3,(H,40,41,43,44,45)/b7-3-/t25-,27+,30-,34-,48?/m0/s1. The number of anilines is 1. The van der Waals surface area contributed by atoms with Gasteiger partial charge in [0.15, 0.2) is 0 Å². The first-order chi connectivity index (χ1) is 22.9. The van der Waals surface area contributed by atoms with E-state index in [1.807, 2.05) is 24.3 Å². The second kappa shape index (κ2) is 14.0. The third-order valence-electron chi connectivity index (χ3n) is 10.2. The number of rotatable bonds is 4. The molecule has 1 N–H and O–H groups in total. The minimum absolute atomic E-state index is 0.130. The van der Waals surface area contributed by atoms with E-state index in [0.717, 1.165) is 37.8 Å². The van der Waals surface area contributed by atoms with Gasteiger partial charge in [0.1, 0.15) is 15.7 Å². The number of carbonyl (C=O) groups is 2. The number of amides is 2. The lowest BCUT2D eigenvalue weighted by Gasteiger charge is -2.46. The molecular weight excluding hydrogens is 667 g/mol. The number of allylic oxidation sites excluding steroid dienone is 1. The maximum atomic E-state index is 13.9. The van der Waals surface area contributed by atoms with Crippen molar-refractivity contribution in [2.75, 3.05) is 37.5 Å². The molecule has 1 unspecified atom stereocenters. The molecular formula is C35H41ClF3N3O5S. The molecule has 4 aliphatic rings. The van der Waals surface area contributed by atoms with Crippen LogP contribution in [0.3, 0.4) is 0 Å². The molecule has 2 aromatic rings. The Hall–Kier alpha value is -3.09. The van der Waals surface area contributed by atoms with Crippen molar-refractivity contribution in [3.63, 3.8) is 0 Å². The Bertz CT molecular complexity index is 1710. The summed E-state index contributed by atoms with van der Waals surface area (Å²) in [6, 6.07) is 11.1. The smallest absolute Gasteiger partial charge is 0.389 e. The number of fused-ring (bicyclic) bond motifs is 4. The largest absolute Gasteiger partial charge is 0.490 e. The molecule has 0 radical (unpaired) electrons. The average molecular weight is 708 g/mol. The van der Waals surface area contributed by atoms with Crippen LogP contribution >= 0.6 is 11.6 Å². The molecule has 48 heavy (non-hydrogen) atoms. The first kappa shape index (κ1) is 34.8. The Balaban J connectivity index is 1.39. The van der Waals surface area contributed by atoms with Crippen molar-refractivity contribution in [2.24, 2.45) is 16.2 Å². The van der Waals surface area contributed by atoms with Crippen LogP contribution in [0.5, 0.6) is 5.75 Å². The minimum atomic E-state index is -4.56. The number of benzene rings is 2. The zero-order valence-electron chi connectivity index (χ0n) is 26.9. The van der Waals surface area contributed by atoms with Crippen LogP contribution in [0.15, 0.2) is 52.9 Å². The fourth-order valence-corrected chi connectivity index (χ4v) is 9.42. The van der Waals surface area contributed by atoms with Gasteiger partial charge in [0, 0.05) is 42.6 Å². The average Bonchev–Trinajstić information content (AvgIpc) is 3.17. The maximum absolute atomic E-state index is 13.9. The molecule has 1 saturated carbocycles. The quantitative estimate of drug-likeness (QED) is 0.338. The van der Waals surface area contributed by atoms with Crippen LogP contribution in [0, 0.1) is 11.8 Å². The molecule has 0 aromatic heterocycles. The Morgan fingerprint density at radius 2 is 2.04 bits per heavy atom. The lowest BCUT2D eigenvalue weighted by atomic mass is 9.68. The molecule has 1 spiro atoms. The first-order valence-electron chi connectivity index (χ1n) is 16.5. The molecule has 2 heterocycles. The number of aryl methyl sites for hydroxylation is 1. The number of alkyl halides is 3. The molecule has 260 valence electrons. The highest BCUT2D eigenvalue weighted by molar-refractivity contribution is 7.92. The highest BCUT2D eigenvalue weighted by atomic mass is 35.5. The van der Waals surface area contributed by atoms with Gasteiger partial charge in [-0.2, -0.15) is 13.2 Å². The van der Waals surface area contributed by atoms with Crippen LogP contribution in [0.25, 0.3) is 0 Å². The highest BCUT2D eigenvalue weighted by Crippen LogP contribution is 2.47. The van der Waals surface area contributed by atoms with E-state index in [1.54, 1.807) is 25.3 Å². The van der Waals surface area contributed by atoms with Gasteiger partial charge in [-0.25, -0.2) is 4.21 Å². The fourth-order valence-electron chi connectivity index (χ4n) is 7.60. The molecule has 2 bridgehead atoms. The van der Waals surface area contributed by atoms with Gasteiger partial charge in [0.2, 0.25) is 5.91 Å². The van der Waals surface area contributed by atoms with Crippen molar-refractivity contribution in [3.05, 3.63) is 70.3 Å². The van der Waals surface area contributed by atoms with Crippen molar-refractivity contribution >= 4 is 39.0 Å². The summed E-state index contributed by atoms with van der Waals surface area (Å²) in [6.45, 7) is 1.80. The molecule has 2 aliphatic carbocycles. The monoisotopic (exact) mass is 707 g/mol. The number of methoxy groups -OCH3 is 1. The zero-order valence-corrected chi connectivity index (χ0v) is 28.5. The van der Waals surface area contributed by atoms with Crippen molar-refractivity contribution < 1.29 is 36.4 Å². The molecule has 5 atom stereocenters. The second-order valence-electron chi connectivity index (χ2n) is 13.4. The maximum Gasteiger partial charge on any atom is 0.389 e. The van der Waals surface area contributed by atoms with Crippen LogP contribution in [0.1, 0.15) is 72.9 Å². The molecule has 0 saturated heterocycles. The highest BCUT2D eigenvalue weighted by Gasteiger charge is 2.44. The number of halogens is 4. The molecule has 13 heteroatoms. The summed E-state index contributed by atoms with van der Waals surface area (Å²) in [5.41, 5.74) is 2.98. The van der Waals surface area contributed by atoms with Crippen LogP contribution in [0.4, 0.5) is 18.9 Å². The number of nitrogens with zero attached hydrogens (tertiary/aromatic N) is 2. The van der Waals surface area contributed by atoms with E-state index in [9.17, 15) is 27.0 Å². The predicted molar refractivity (Wildman–Crippen MR) is 179 cm³/mol. The lowest BCUT2D eigenvalue weighted by Crippen LogP contribution is -2.49. The first-order valence-corrected chi connectivity index (χ1v) is 18.6.